The second kappa shape index (κ2) is 7.61. The topological polar surface area (TPSA) is 98.0 Å². The van der Waals surface area contributed by atoms with Crippen molar-refractivity contribution in [1.82, 2.24) is 15.1 Å². The molecule has 1 aromatic carbocycles. The lowest BCUT2D eigenvalue weighted by atomic mass is 10.0. The average Bonchev–Trinajstić information content (AvgIpc) is 3.26. The number of aromatic nitrogens is 3. The fraction of sp³-hybridized carbons (Fsp3) is 0.278. The van der Waals surface area contributed by atoms with Gasteiger partial charge in [0.05, 0.1) is 21.9 Å². The monoisotopic (exact) mass is 400 g/mol. The minimum atomic E-state index is -0.249. The van der Waals surface area contributed by atoms with Crippen LogP contribution in [0.1, 0.15) is 50.3 Å². The molecule has 0 atom stereocenters. The van der Waals surface area contributed by atoms with Gasteiger partial charge in [0.2, 0.25) is 5.89 Å². The average molecular weight is 400 g/mol. The smallest absolute Gasteiger partial charge is 0.258 e. The molecule has 0 unspecified atom stereocenters. The number of amides is 1. The van der Waals surface area contributed by atoms with Gasteiger partial charge in [-0.1, -0.05) is 28.6 Å². The van der Waals surface area contributed by atoms with Gasteiger partial charge in [0, 0.05) is 18.2 Å². The van der Waals surface area contributed by atoms with Gasteiger partial charge >= 0.3 is 0 Å². The number of anilines is 1. The number of nitrogens with zero attached hydrogens (tertiary/aromatic N) is 3. The van der Waals surface area contributed by atoms with Gasteiger partial charge in [-0.05, 0) is 25.0 Å². The Bertz CT molecular complexity index is 1010. The number of aryl methyl sites for hydroxylation is 2. The van der Waals surface area contributed by atoms with Crippen LogP contribution in [0, 0.1) is 6.92 Å². The second-order valence-corrected chi connectivity index (χ2v) is 8.06. The molecule has 0 aliphatic heterocycles. The van der Waals surface area contributed by atoms with Gasteiger partial charge in [0.1, 0.15) is 0 Å². The summed E-state index contributed by atoms with van der Waals surface area (Å²) in [4.78, 5) is 34.8. The van der Waals surface area contributed by atoms with Crippen molar-refractivity contribution in [1.29, 1.82) is 0 Å². The van der Waals surface area contributed by atoms with Crippen molar-refractivity contribution in [3.63, 3.8) is 0 Å². The van der Waals surface area contributed by atoms with Crippen molar-refractivity contribution in [3.8, 4) is 0 Å². The van der Waals surface area contributed by atoms with Crippen molar-refractivity contribution in [2.75, 3.05) is 5.32 Å². The van der Waals surface area contributed by atoms with E-state index >= 15 is 0 Å². The number of fused-ring (bicyclic) bond motifs is 1. The van der Waals surface area contributed by atoms with Crippen LogP contribution in [-0.4, -0.2) is 26.8 Å². The Morgan fingerprint density at radius 2 is 2.15 bits per heavy atom. The Kier molecular flexibility index (Phi) is 5.04. The third-order valence-electron chi connectivity index (χ3n) is 4.05. The Hall–Kier alpha value is -2.52. The highest BCUT2D eigenvalue weighted by molar-refractivity contribution is 7.98. The van der Waals surface area contributed by atoms with Crippen LogP contribution >= 0.6 is 23.1 Å². The van der Waals surface area contributed by atoms with Crippen LogP contribution in [0.25, 0.3) is 0 Å². The molecule has 0 spiro atoms. The summed E-state index contributed by atoms with van der Waals surface area (Å²) in [6.07, 6.45) is 2.15. The third-order valence-corrected chi connectivity index (χ3v) is 6.17. The van der Waals surface area contributed by atoms with Crippen LogP contribution in [0.4, 0.5) is 5.13 Å². The predicted octanol–water partition coefficient (Wildman–Crippen LogP) is 3.90. The zero-order valence-electron chi connectivity index (χ0n) is 14.5. The van der Waals surface area contributed by atoms with E-state index in [0.717, 1.165) is 23.4 Å². The molecule has 2 aromatic heterocycles. The first-order valence-electron chi connectivity index (χ1n) is 8.45. The zero-order valence-corrected chi connectivity index (χ0v) is 16.2. The molecule has 0 saturated heterocycles. The number of hydrogen-bond donors (Lipinski definition) is 1. The Morgan fingerprint density at radius 3 is 2.93 bits per heavy atom. The third kappa shape index (κ3) is 3.93. The predicted molar refractivity (Wildman–Crippen MR) is 102 cm³/mol. The molecule has 1 N–H and O–H groups in total. The maximum Gasteiger partial charge on any atom is 0.258 e. The van der Waals surface area contributed by atoms with Gasteiger partial charge in [-0.25, -0.2) is 4.98 Å². The SMILES string of the molecule is Cc1nc(CSc2ccccc2C(=O)Nc2nc3c(s2)C(=O)CCC3)no1. The van der Waals surface area contributed by atoms with E-state index in [2.05, 4.69) is 20.4 Å². The molecule has 7 nitrogen and oxygen atoms in total. The molecule has 1 aliphatic rings. The molecular formula is C18H16N4O3S2. The molecule has 138 valence electrons. The summed E-state index contributed by atoms with van der Waals surface area (Å²) in [6, 6.07) is 7.33. The number of benzene rings is 1. The van der Waals surface area contributed by atoms with E-state index in [-0.39, 0.29) is 11.7 Å². The maximum absolute atomic E-state index is 12.8. The highest BCUT2D eigenvalue weighted by Crippen LogP contribution is 2.31. The summed E-state index contributed by atoms with van der Waals surface area (Å²) in [5, 5.41) is 7.17. The number of nitrogens with one attached hydrogen (secondary N) is 1. The fourth-order valence-electron chi connectivity index (χ4n) is 2.81. The van der Waals surface area contributed by atoms with Crippen LogP contribution in [0.5, 0.6) is 0 Å². The van der Waals surface area contributed by atoms with E-state index < -0.39 is 0 Å². The maximum atomic E-state index is 12.8. The lowest BCUT2D eigenvalue weighted by Gasteiger charge is -2.07. The van der Waals surface area contributed by atoms with E-state index in [0.29, 0.717) is 39.5 Å². The van der Waals surface area contributed by atoms with Crippen LogP contribution < -0.4 is 5.32 Å². The molecule has 0 saturated carbocycles. The van der Waals surface area contributed by atoms with E-state index in [9.17, 15) is 9.59 Å². The van der Waals surface area contributed by atoms with Crippen LogP contribution in [0.3, 0.4) is 0 Å². The highest BCUT2D eigenvalue weighted by Gasteiger charge is 2.23. The molecule has 1 amide bonds. The normalized spacial score (nSPS) is 13.4. The lowest BCUT2D eigenvalue weighted by molar-refractivity contribution is 0.0975. The first-order chi connectivity index (χ1) is 13.1. The Balaban J connectivity index is 1.49. The number of Topliss-reactive ketones (excluding diaryl/α,β-unsaturated/α-hetero) is 1. The summed E-state index contributed by atoms with van der Waals surface area (Å²) in [7, 11) is 0. The van der Waals surface area contributed by atoms with Gasteiger partial charge in [-0.3, -0.25) is 14.9 Å². The summed E-state index contributed by atoms with van der Waals surface area (Å²) >= 11 is 2.72. The van der Waals surface area contributed by atoms with Gasteiger partial charge in [-0.2, -0.15) is 4.98 Å². The van der Waals surface area contributed by atoms with Crippen molar-refractivity contribution >= 4 is 39.9 Å². The summed E-state index contributed by atoms with van der Waals surface area (Å²) in [6.45, 7) is 1.74. The lowest BCUT2D eigenvalue weighted by Crippen LogP contribution is -2.13. The highest BCUT2D eigenvalue weighted by atomic mass is 32.2. The quantitative estimate of drug-likeness (QED) is 0.649. The first-order valence-corrected chi connectivity index (χ1v) is 10.3. The molecule has 2 heterocycles. The number of ketones is 1. The number of rotatable bonds is 5. The van der Waals surface area contributed by atoms with Crippen molar-refractivity contribution < 1.29 is 14.1 Å². The number of thioether (sulfide) groups is 1. The second-order valence-electron chi connectivity index (χ2n) is 6.04. The number of carbonyl (C=O) groups excluding carboxylic acids is 2. The van der Waals surface area contributed by atoms with Gasteiger partial charge in [0.25, 0.3) is 5.91 Å². The summed E-state index contributed by atoms with van der Waals surface area (Å²) in [5.74, 6) is 1.46. The van der Waals surface area contributed by atoms with Crippen molar-refractivity contribution in [2.45, 2.75) is 36.8 Å². The van der Waals surface area contributed by atoms with Gasteiger partial charge < -0.3 is 4.52 Å². The van der Waals surface area contributed by atoms with E-state index in [1.807, 2.05) is 18.2 Å². The summed E-state index contributed by atoms with van der Waals surface area (Å²) in [5.41, 5.74) is 1.34. The molecule has 1 aliphatic carbocycles. The standard InChI is InChI=1S/C18H16N4O3S2/c1-10-19-15(22-25-10)9-26-14-8-3-2-5-11(14)17(24)21-18-20-12-6-4-7-13(23)16(12)27-18/h2-3,5,8H,4,6-7,9H2,1H3,(H,20,21,24). The molecule has 9 heteroatoms. The van der Waals surface area contributed by atoms with Gasteiger partial charge in [0.15, 0.2) is 16.7 Å². The number of hydrogen-bond acceptors (Lipinski definition) is 8. The molecular weight excluding hydrogens is 384 g/mol. The van der Waals surface area contributed by atoms with E-state index in [1.54, 1.807) is 13.0 Å². The molecule has 0 fully saturated rings. The van der Waals surface area contributed by atoms with Crippen LogP contribution in [0.2, 0.25) is 0 Å². The minimum Gasteiger partial charge on any atom is -0.340 e. The van der Waals surface area contributed by atoms with Gasteiger partial charge in [-0.15, -0.1) is 11.8 Å². The molecule has 27 heavy (non-hydrogen) atoms. The Labute approximate surface area is 163 Å². The zero-order chi connectivity index (χ0) is 18.8. The molecule has 4 rings (SSSR count). The van der Waals surface area contributed by atoms with Crippen LogP contribution in [-0.2, 0) is 12.2 Å². The fourth-order valence-corrected chi connectivity index (χ4v) is 4.68. The molecule has 3 aromatic rings. The molecule has 0 bridgehead atoms. The first kappa shape index (κ1) is 17.9. The summed E-state index contributed by atoms with van der Waals surface area (Å²) < 4.78 is 4.97. The van der Waals surface area contributed by atoms with E-state index in [4.69, 9.17) is 4.52 Å². The molecule has 0 radical (unpaired) electrons. The number of carbonyl (C=O) groups is 2. The Morgan fingerprint density at radius 1 is 1.30 bits per heavy atom. The number of thiazole rings is 1. The van der Waals surface area contributed by atoms with Crippen LogP contribution in [0.15, 0.2) is 33.7 Å². The largest absolute Gasteiger partial charge is 0.340 e. The van der Waals surface area contributed by atoms with Crippen molar-refractivity contribution in [2.24, 2.45) is 0 Å². The van der Waals surface area contributed by atoms with E-state index in [1.165, 1.54) is 23.1 Å². The van der Waals surface area contributed by atoms with Crippen molar-refractivity contribution in [3.05, 3.63) is 52.1 Å². The minimum absolute atomic E-state index is 0.112.